The standard InChI is InChI=1S/C9H16OS/c1-2-9(11)7-3-5-8(10)6-4-7/h7,9,11H,2-6H2,1H3. The van der Waals surface area contributed by atoms with Crippen molar-refractivity contribution >= 4 is 18.4 Å². The van der Waals surface area contributed by atoms with Crippen molar-refractivity contribution in [1.82, 2.24) is 0 Å². The number of hydrogen-bond donors (Lipinski definition) is 1. The Hall–Kier alpha value is 0.0200. The second-order valence-corrected chi connectivity index (χ2v) is 4.01. The first-order valence-electron chi connectivity index (χ1n) is 4.43. The summed E-state index contributed by atoms with van der Waals surface area (Å²) in [4.78, 5) is 10.9. The lowest BCUT2D eigenvalue weighted by Crippen LogP contribution is -2.21. The van der Waals surface area contributed by atoms with Crippen LogP contribution in [0, 0.1) is 5.92 Å². The van der Waals surface area contributed by atoms with Crippen LogP contribution in [0.25, 0.3) is 0 Å². The van der Waals surface area contributed by atoms with Crippen LogP contribution in [0.1, 0.15) is 39.0 Å². The molecule has 2 heteroatoms. The maximum absolute atomic E-state index is 10.9. The molecule has 0 aliphatic heterocycles. The van der Waals surface area contributed by atoms with Crippen LogP contribution in [0.2, 0.25) is 0 Å². The number of rotatable bonds is 2. The van der Waals surface area contributed by atoms with Gasteiger partial charge in [-0.25, -0.2) is 0 Å². The predicted molar refractivity (Wildman–Crippen MR) is 50.0 cm³/mol. The lowest BCUT2D eigenvalue weighted by atomic mass is 9.85. The van der Waals surface area contributed by atoms with Gasteiger partial charge in [0.15, 0.2) is 0 Å². The minimum atomic E-state index is 0.442. The summed E-state index contributed by atoms with van der Waals surface area (Å²) in [6.07, 6.45) is 4.85. The molecule has 0 heterocycles. The summed E-state index contributed by atoms with van der Waals surface area (Å²) in [7, 11) is 0. The second-order valence-electron chi connectivity index (χ2n) is 3.35. The molecule has 64 valence electrons. The van der Waals surface area contributed by atoms with Gasteiger partial charge in [-0.05, 0) is 25.2 Å². The Balaban J connectivity index is 2.32. The summed E-state index contributed by atoms with van der Waals surface area (Å²) in [5.74, 6) is 1.14. The summed E-state index contributed by atoms with van der Waals surface area (Å²) in [5, 5.41) is 0.517. The molecule has 0 aromatic rings. The van der Waals surface area contributed by atoms with E-state index in [1.54, 1.807) is 0 Å². The molecule has 0 bridgehead atoms. The lowest BCUT2D eigenvalue weighted by molar-refractivity contribution is -0.120. The Morgan fingerprint density at radius 3 is 2.55 bits per heavy atom. The van der Waals surface area contributed by atoms with E-state index in [1.807, 2.05) is 0 Å². The number of Topliss-reactive ketones (excluding diaryl/α,β-unsaturated/α-hetero) is 1. The summed E-state index contributed by atoms with van der Waals surface area (Å²) in [6, 6.07) is 0. The zero-order valence-electron chi connectivity index (χ0n) is 7.05. The first kappa shape index (κ1) is 9.11. The van der Waals surface area contributed by atoms with Gasteiger partial charge in [-0.3, -0.25) is 4.79 Å². The highest BCUT2D eigenvalue weighted by Crippen LogP contribution is 2.28. The molecule has 1 aliphatic rings. The topological polar surface area (TPSA) is 17.1 Å². The van der Waals surface area contributed by atoms with Gasteiger partial charge in [-0.15, -0.1) is 0 Å². The third kappa shape index (κ3) is 2.51. The highest BCUT2D eigenvalue weighted by atomic mass is 32.1. The Kier molecular flexibility index (Phi) is 3.44. The van der Waals surface area contributed by atoms with Crippen LogP contribution in [0.4, 0.5) is 0 Å². The van der Waals surface area contributed by atoms with Crippen molar-refractivity contribution in [2.45, 2.75) is 44.3 Å². The second kappa shape index (κ2) is 4.15. The third-order valence-corrected chi connectivity index (χ3v) is 3.34. The minimum Gasteiger partial charge on any atom is -0.300 e. The molecule has 1 nitrogen and oxygen atoms in total. The van der Waals surface area contributed by atoms with Crippen LogP contribution in [0.15, 0.2) is 0 Å². The molecule has 1 unspecified atom stereocenters. The summed E-state index contributed by atoms with van der Waals surface area (Å²) < 4.78 is 0. The van der Waals surface area contributed by atoms with Crippen LogP contribution in [-0.2, 0) is 4.79 Å². The normalized spacial score (nSPS) is 23.6. The van der Waals surface area contributed by atoms with Crippen molar-refractivity contribution in [3.05, 3.63) is 0 Å². The van der Waals surface area contributed by atoms with E-state index < -0.39 is 0 Å². The molecule has 1 aliphatic carbocycles. The van der Waals surface area contributed by atoms with Gasteiger partial charge in [0.05, 0.1) is 0 Å². The number of carbonyl (C=O) groups is 1. The van der Waals surface area contributed by atoms with E-state index in [9.17, 15) is 4.79 Å². The molecule has 0 aromatic carbocycles. The van der Waals surface area contributed by atoms with E-state index in [-0.39, 0.29) is 0 Å². The van der Waals surface area contributed by atoms with Crippen molar-refractivity contribution in [2.75, 3.05) is 0 Å². The fourth-order valence-electron chi connectivity index (χ4n) is 1.68. The first-order chi connectivity index (χ1) is 5.24. The van der Waals surface area contributed by atoms with Gasteiger partial charge in [-0.1, -0.05) is 6.92 Å². The van der Waals surface area contributed by atoms with Crippen LogP contribution in [0.3, 0.4) is 0 Å². The van der Waals surface area contributed by atoms with Crippen LogP contribution < -0.4 is 0 Å². The minimum absolute atomic E-state index is 0.442. The summed E-state index contributed by atoms with van der Waals surface area (Å²) >= 11 is 4.49. The fourth-order valence-corrected chi connectivity index (χ4v) is 1.98. The summed E-state index contributed by atoms with van der Waals surface area (Å²) in [6.45, 7) is 2.16. The largest absolute Gasteiger partial charge is 0.300 e. The fraction of sp³-hybridized carbons (Fsp3) is 0.889. The van der Waals surface area contributed by atoms with E-state index in [0.29, 0.717) is 17.0 Å². The van der Waals surface area contributed by atoms with Crippen molar-refractivity contribution in [1.29, 1.82) is 0 Å². The smallest absolute Gasteiger partial charge is 0.132 e. The SMILES string of the molecule is CCC(S)C1CCC(=O)CC1. The molecule has 0 radical (unpaired) electrons. The van der Waals surface area contributed by atoms with Gasteiger partial charge >= 0.3 is 0 Å². The van der Waals surface area contributed by atoms with Crippen LogP contribution in [0.5, 0.6) is 0 Å². The zero-order chi connectivity index (χ0) is 8.27. The molecule has 0 aromatic heterocycles. The molecule has 1 rings (SSSR count). The quantitative estimate of drug-likeness (QED) is 0.633. The molecule has 0 saturated heterocycles. The average Bonchev–Trinajstić information content (AvgIpc) is 2.05. The zero-order valence-corrected chi connectivity index (χ0v) is 7.94. The van der Waals surface area contributed by atoms with Gasteiger partial charge in [0.25, 0.3) is 0 Å². The highest BCUT2D eigenvalue weighted by molar-refractivity contribution is 7.81. The van der Waals surface area contributed by atoms with Crippen molar-refractivity contribution in [2.24, 2.45) is 5.92 Å². The molecule has 1 fully saturated rings. The Labute approximate surface area is 74.0 Å². The van der Waals surface area contributed by atoms with Crippen LogP contribution >= 0.6 is 12.6 Å². The van der Waals surface area contributed by atoms with Gasteiger partial charge in [-0.2, -0.15) is 12.6 Å². The highest BCUT2D eigenvalue weighted by Gasteiger charge is 2.22. The van der Waals surface area contributed by atoms with Gasteiger partial charge in [0, 0.05) is 18.1 Å². The molecular formula is C9H16OS. The maximum Gasteiger partial charge on any atom is 0.132 e. The Bertz CT molecular complexity index is 134. The summed E-state index contributed by atoms with van der Waals surface area (Å²) in [5.41, 5.74) is 0. The van der Waals surface area contributed by atoms with Crippen molar-refractivity contribution in [3.8, 4) is 0 Å². The maximum atomic E-state index is 10.9. The number of thiol groups is 1. The van der Waals surface area contributed by atoms with Crippen LogP contribution in [-0.4, -0.2) is 11.0 Å². The number of hydrogen-bond acceptors (Lipinski definition) is 2. The van der Waals surface area contributed by atoms with Gasteiger partial charge in [0.2, 0.25) is 0 Å². The number of carbonyl (C=O) groups excluding carboxylic acids is 1. The van der Waals surface area contributed by atoms with Crippen molar-refractivity contribution < 1.29 is 4.79 Å². The van der Waals surface area contributed by atoms with Gasteiger partial charge < -0.3 is 0 Å². The van der Waals surface area contributed by atoms with E-state index in [2.05, 4.69) is 19.6 Å². The first-order valence-corrected chi connectivity index (χ1v) is 4.95. The molecule has 1 saturated carbocycles. The molecule has 0 N–H and O–H groups in total. The Morgan fingerprint density at radius 1 is 1.55 bits per heavy atom. The lowest BCUT2D eigenvalue weighted by Gasteiger charge is -2.25. The molecule has 11 heavy (non-hydrogen) atoms. The van der Waals surface area contributed by atoms with E-state index in [1.165, 1.54) is 0 Å². The van der Waals surface area contributed by atoms with Crippen molar-refractivity contribution in [3.63, 3.8) is 0 Å². The van der Waals surface area contributed by atoms with E-state index in [4.69, 9.17) is 0 Å². The van der Waals surface area contributed by atoms with E-state index in [0.717, 1.165) is 32.1 Å². The van der Waals surface area contributed by atoms with Gasteiger partial charge in [0.1, 0.15) is 5.78 Å². The molecule has 0 amide bonds. The number of ketones is 1. The molecule has 0 spiro atoms. The average molecular weight is 172 g/mol. The molecular weight excluding hydrogens is 156 g/mol. The predicted octanol–water partition coefficient (Wildman–Crippen LogP) is 2.45. The third-order valence-electron chi connectivity index (χ3n) is 2.55. The Morgan fingerprint density at radius 2 is 2.09 bits per heavy atom. The molecule has 1 atom stereocenters. The van der Waals surface area contributed by atoms with E-state index >= 15 is 0 Å². The monoisotopic (exact) mass is 172 g/mol.